The number of fused-ring (bicyclic) bond motifs is 2. The van der Waals surface area contributed by atoms with Crippen LogP contribution in [0.25, 0.3) is 0 Å². The molecule has 2 aliphatic rings. The lowest BCUT2D eigenvalue weighted by atomic mass is 10.1. The molecular formula is C7H7ClO. The van der Waals surface area contributed by atoms with Crippen molar-refractivity contribution in [2.45, 2.75) is 17.7 Å². The van der Waals surface area contributed by atoms with Crippen LogP contribution in [0.1, 0.15) is 12.8 Å². The van der Waals surface area contributed by atoms with Gasteiger partial charge >= 0.3 is 0 Å². The van der Waals surface area contributed by atoms with E-state index < -0.39 is 4.87 Å². The summed E-state index contributed by atoms with van der Waals surface area (Å²) in [5.74, 6) is 0.367. The highest BCUT2D eigenvalue weighted by Gasteiger charge is 2.47. The van der Waals surface area contributed by atoms with E-state index >= 15 is 0 Å². The zero-order valence-electron chi connectivity index (χ0n) is 4.93. The molecule has 0 saturated heterocycles. The molecular weight excluding hydrogens is 136 g/mol. The Balaban J connectivity index is 2.47. The number of carbonyl (C=O) groups is 1. The molecule has 0 aliphatic heterocycles. The highest BCUT2D eigenvalue weighted by Crippen LogP contribution is 2.43. The van der Waals surface area contributed by atoms with Gasteiger partial charge in [-0.25, -0.2) is 0 Å². The minimum atomic E-state index is -0.579. The summed E-state index contributed by atoms with van der Waals surface area (Å²) in [6.45, 7) is 0. The van der Waals surface area contributed by atoms with Gasteiger partial charge in [0.05, 0.1) is 0 Å². The standard InChI is InChI=1S/C7H7ClO/c8-7-3-1-5(2-4-7)6(7)9/h1,3,5H,2,4H2. The second-order valence-electron chi connectivity index (χ2n) is 2.73. The molecule has 9 heavy (non-hydrogen) atoms. The van der Waals surface area contributed by atoms with Gasteiger partial charge in [0.1, 0.15) is 4.87 Å². The van der Waals surface area contributed by atoms with Crippen LogP contribution in [0.4, 0.5) is 0 Å². The Morgan fingerprint density at radius 1 is 1.78 bits per heavy atom. The Morgan fingerprint density at radius 3 is 2.67 bits per heavy atom. The van der Waals surface area contributed by atoms with Gasteiger partial charge in [0.25, 0.3) is 0 Å². The van der Waals surface area contributed by atoms with E-state index in [4.69, 9.17) is 11.6 Å². The lowest BCUT2D eigenvalue weighted by Crippen LogP contribution is -2.21. The average Bonchev–Trinajstić information content (AvgIpc) is 2.24. The van der Waals surface area contributed by atoms with E-state index in [2.05, 4.69) is 0 Å². The molecule has 2 heteroatoms. The first kappa shape index (κ1) is 5.48. The van der Waals surface area contributed by atoms with Gasteiger partial charge < -0.3 is 0 Å². The molecule has 2 aliphatic carbocycles. The smallest absolute Gasteiger partial charge is 0.164 e. The van der Waals surface area contributed by atoms with Crippen LogP contribution in [0, 0.1) is 5.92 Å². The number of rotatable bonds is 0. The molecule has 0 aromatic heterocycles. The van der Waals surface area contributed by atoms with E-state index in [9.17, 15) is 4.79 Å². The van der Waals surface area contributed by atoms with Crippen LogP contribution in [0.5, 0.6) is 0 Å². The minimum Gasteiger partial charge on any atom is -0.297 e. The summed E-state index contributed by atoms with van der Waals surface area (Å²) in [4.78, 5) is 10.5. The van der Waals surface area contributed by atoms with Crippen molar-refractivity contribution in [2.24, 2.45) is 5.92 Å². The van der Waals surface area contributed by atoms with Crippen molar-refractivity contribution in [1.82, 2.24) is 0 Å². The Morgan fingerprint density at radius 2 is 2.56 bits per heavy atom. The van der Waals surface area contributed by atoms with E-state index in [1.807, 2.05) is 12.2 Å². The van der Waals surface area contributed by atoms with Crippen LogP contribution in [0.15, 0.2) is 12.2 Å². The van der Waals surface area contributed by atoms with Crippen LogP contribution in [-0.2, 0) is 4.79 Å². The summed E-state index contributed by atoms with van der Waals surface area (Å²) in [5, 5.41) is 0. The first-order valence-corrected chi connectivity index (χ1v) is 3.53. The highest BCUT2D eigenvalue weighted by atomic mass is 35.5. The van der Waals surface area contributed by atoms with Crippen LogP contribution >= 0.6 is 11.6 Å². The molecule has 1 nitrogen and oxygen atoms in total. The monoisotopic (exact) mass is 142 g/mol. The summed E-state index contributed by atoms with van der Waals surface area (Å²) in [7, 11) is 0. The predicted octanol–water partition coefficient (Wildman–Crippen LogP) is 1.51. The molecule has 1 fully saturated rings. The molecule has 2 unspecified atom stereocenters. The van der Waals surface area contributed by atoms with Gasteiger partial charge in [-0.2, -0.15) is 0 Å². The second-order valence-corrected chi connectivity index (χ2v) is 3.41. The lowest BCUT2D eigenvalue weighted by Gasteiger charge is -2.09. The molecule has 48 valence electrons. The summed E-state index contributed by atoms with van der Waals surface area (Å²) < 4.78 is 0. The maximum Gasteiger partial charge on any atom is 0.164 e. The molecule has 0 spiro atoms. The normalized spacial score (nSPS) is 46.8. The van der Waals surface area contributed by atoms with E-state index in [0.717, 1.165) is 12.8 Å². The van der Waals surface area contributed by atoms with Crippen molar-refractivity contribution in [3.8, 4) is 0 Å². The van der Waals surface area contributed by atoms with E-state index in [0.29, 0.717) is 0 Å². The minimum absolute atomic E-state index is 0.155. The van der Waals surface area contributed by atoms with Crippen molar-refractivity contribution in [1.29, 1.82) is 0 Å². The zero-order valence-corrected chi connectivity index (χ0v) is 5.69. The SMILES string of the molecule is O=C1C2C=CC1(Cl)CC2. The third-order valence-electron chi connectivity index (χ3n) is 2.16. The van der Waals surface area contributed by atoms with Crippen molar-refractivity contribution in [3.05, 3.63) is 12.2 Å². The van der Waals surface area contributed by atoms with Gasteiger partial charge in [0, 0.05) is 5.92 Å². The van der Waals surface area contributed by atoms with Crippen molar-refractivity contribution < 1.29 is 4.79 Å². The maximum atomic E-state index is 11.1. The molecule has 0 heterocycles. The van der Waals surface area contributed by atoms with Gasteiger partial charge in [-0.05, 0) is 12.8 Å². The van der Waals surface area contributed by atoms with Gasteiger partial charge in [0.15, 0.2) is 5.78 Å². The maximum absolute atomic E-state index is 11.1. The predicted molar refractivity (Wildman–Crippen MR) is 35.5 cm³/mol. The quantitative estimate of drug-likeness (QED) is 0.370. The molecule has 0 amide bonds. The number of halogens is 1. The number of ketones is 1. The Labute approximate surface area is 58.7 Å². The largest absolute Gasteiger partial charge is 0.297 e. The van der Waals surface area contributed by atoms with Crippen molar-refractivity contribution in [3.63, 3.8) is 0 Å². The topological polar surface area (TPSA) is 17.1 Å². The fourth-order valence-electron chi connectivity index (χ4n) is 1.55. The van der Waals surface area contributed by atoms with Crippen molar-refractivity contribution >= 4 is 17.4 Å². The molecule has 0 N–H and O–H groups in total. The summed E-state index contributed by atoms with van der Waals surface area (Å²) in [5.41, 5.74) is 0. The highest BCUT2D eigenvalue weighted by molar-refractivity contribution is 6.38. The fraction of sp³-hybridized carbons (Fsp3) is 0.571. The van der Waals surface area contributed by atoms with Gasteiger partial charge in [-0.15, -0.1) is 11.6 Å². The number of alkyl halides is 1. The molecule has 0 aromatic rings. The van der Waals surface area contributed by atoms with Crippen LogP contribution in [0.3, 0.4) is 0 Å². The summed E-state index contributed by atoms with van der Waals surface area (Å²) in [6.07, 6.45) is 5.57. The lowest BCUT2D eigenvalue weighted by molar-refractivity contribution is -0.120. The molecule has 2 atom stereocenters. The number of Topliss-reactive ketones (excluding diaryl/α,β-unsaturated/α-hetero) is 1. The third kappa shape index (κ3) is 0.531. The number of allylic oxidation sites excluding steroid dienone is 2. The van der Waals surface area contributed by atoms with Crippen LogP contribution < -0.4 is 0 Å². The second kappa shape index (κ2) is 1.40. The number of hydrogen-bond donors (Lipinski definition) is 0. The third-order valence-corrected chi connectivity index (χ3v) is 2.66. The molecule has 2 bridgehead atoms. The fourth-order valence-corrected chi connectivity index (χ4v) is 1.87. The Bertz CT molecular complexity index is 197. The molecule has 0 aromatic carbocycles. The first-order valence-electron chi connectivity index (χ1n) is 3.15. The Kier molecular flexibility index (Phi) is 0.854. The van der Waals surface area contributed by atoms with E-state index in [1.165, 1.54) is 0 Å². The van der Waals surface area contributed by atoms with Gasteiger partial charge in [-0.1, -0.05) is 12.2 Å². The summed E-state index contributed by atoms with van der Waals surface area (Å²) in [6, 6.07) is 0. The summed E-state index contributed by atoms with van der Waals surface area (Å²) >= 11 is 5.91. The number of carbonyl (C=O) groups excluding carboxylic acids is 1. The van der Waals surface area contributed by atoms with E-state index in [-0.39, 0.29) is 11.7 Å². The van der Waals surface area contributed by atoms with Crippen LogP contribution in [0.2, 0.25) is 0 Å². The molecule has 2 rings (SSSR count). The van der Waals surface area contributed by atoms with Crippen molar-refractivity contribution in [2.75, 3.05) is 0 Å². The van der Waals surface area contributed by atoms with Gasteiger partial charge in [-0.3, -0.25) is 4.79 Å². The number of hydrogen-bond acceptors (Lipinski definition) is 1. The van der Waals surface area contributed by atoms with E-state index in [1.54, 1.807) is 0 Å². The average molecular weight is 143 g/mol. The molecule has 0 radical (unpaired) electrons. The Hall–Kier alpha value is -0.300. The zero-order chi connectivity index (χ0) is 6.48. The molecule has 1 saturated carbocycles. The van der Waals surface area contributed by atoms with Gasteiger partial charge in [0.2, 0.25) is 0 Å². The first-order chi connectivity index (χ1) is 4.22. The van der Waals surface area contributed by atoms with Crippen LogP contribution in [-0.4, -0.2) is 10.7 Å².